The van der Waals surface area contributed by atoms with E-state index in [0.29, 0.717) is 16.3 Å². The zero-order valence-electron chi connectivity index (χ0n) is 18.1. The van der Waals surface area contributed by atoms with Crippen LogP contribution in [0.4, 0.5) is 0 Å². The topological polar surface area (TPSA) is 126 Å². The van der Waals surface area contributed by atoms with E-state index in [-0.39, 0.29) is 22.3 Å². The second-order valence-electron chi connectivity index (χ2n) is 7.15. The van der Waals surface area contributed by atoms with Crippen molar-refractivity contribution in [1.82, 2.24) is 10.7 Å². The van der Waals surface area contributed by atoms with E-state index >= 15 is 0 Å². The molecule has 2 amide bonds. The van der Waals surface area contributed by atoms with Gasteiger partial charge in [-0.3, -0.25) is 9.59 Å². The molecule has 0 heterocycles. The summed E-state index contributed by atoms with van der Waals surface area (Å²) < 4.78 is 10.3. The highest BCUT2D eigenvalue weighted by atomic mass is 35.5. The van der Waals surface area contributed by atoms with Crippen LogP contribution < -0.4 is 20.2 Å². The summed E-state index contributed by atoms with van der Waals surface area (Å²) in [6.45, 7) is 3.05. The van der Waals surface area contributed by atoms with Crippen LogP contribution >= 0.6 is 23.2 Å². The minimum atomic E-state index is -1.11. The standard InChI is InChI=1S/C22H23Cl2N3O6/c1-12(2)20(26-21(30)14-5-6-15(23)16(24)9-14)22(31)27-25-10-13-4-7-17(18(8-13)32-3)33-11-19(28)29/h4-10,12,20H,11H2,1-3H3,(H,26,30)(H,27,31)(H,28,29)/b25-10+. The Morgan fingerprint density at radius 2 is 1.82 bits per heavy atom. The molecule has 0 spiro atoms. The van der Waals surface area contributed by atoms with Gasteiger partial charge in [0, 0.05) is 5.56 Å². The summed E-state index contributed by atoms with van der Waals surface area (Å²) in [6.07, 6.45) is 1.37. The monoisotopic (exact) mass is 495 g/mol. The van der Waals surface area contributed by atoms with Crippen LogP contribution in [-0.2, 0) is 9.59 Å². The fourth-order valence-electron chi connectivity index (χ4n) is 2.66. The molecule has 2 rings (SSSR count). The van der Waals surface area contributed by atoms with Crippen molar-refractivity contribution in [2.45, 2.75) is 19.9 Å². The van der Waals surface area contributed by atoms with Gasteiger partial charge in [-0.2, -0.15) is 5.10 Å². The minimum Gasteiger partial charge on any atom is -0.493 e. The highest BCUT2D eigenvalue weighted by Crippen LogP contribution is 2.27. The van der Waals surface area contributed by atoms with E-state index in [9.17, 15) is 14.4 Å². The van der Waals surface area contributed by atoms with Gasteiger partial charge in [-0.15, -0.1) is 0 Å². The highest BCUT2D eigenvalue weighted by Gasteiger charge is 2.24. The Morgan fingerprint density at radius 1 is 1.09 bits per heavy atom. The first-order valence-corrected chi connectivity index (χ1v) is 10.5. The van der Waals surface area contributed by atoms with Gasteiger partial charge in [0.2, 0.25) is 0 Å². The van der Waals surface area contributed by atoms with Gasteiger partial charge in [-0.25, -0.2) is 10.2 Å². The number of carboxylic acid groups (broad SMARTS) is 1. The Bertz CT molecular complexity index is 1060. The van der Waals surface area contributed by atoms with Crippen LogP contribution in [0.5, 0.6) is 11.5 Å². The molecule has 0 bridgehead atoms. The second-order valence-corrected chi connectivity index (χ2v) is 7.97. The first-order chi connectivity index (χ1) is 15.6. The molecule has 0 radical (unpaired) electrons. The average Bonchev–Trinajstić information content (AvgIpc) is 2.77. The maximum atomic E-state index is 12.6. The number of carbonyl (C=O) groups is 3. The lowest BCUT2D eigenvalue weighted by Gasteiger charge is -2.20. The van der Waals surface area contributed by atoms with Gasteiger partial charge in [-0.05, 0) is 47.9 Å². The number of nitrogens with one attached hydrogen (secondary N) is 2. The van der Waals surface area contributed by atoms with Gasteiger partial charge >= 0.3 is 5.97 Å². The molecular formula is C22H23Cl2N3O6. The SMILES string of the molecule is COc1cc(/C=N/NC(=O)C(NC(=O)c2ccc(Cl)c(Cl)c2)C(C)C)ccc1OCC(=O)O. The number of hydrogen-bond donors (Lipinski definition) is 3. The number of amides is 2. The van der Waals surface area contributed by atoms with Crippen molar-refractivity contribution >= 4 is 47.2 Å². The Kier molecular flexibility index (Phi) is 9.50. The Labute approximate surface area is 200 Å². The molecule has 0 aromatic heterocycles. The van der Waals surface area contributed by atoms with Gasteiger partial charge in [0.1, 0.15) is 6.04 Å². The number of rotatable bonds is 10. The lowest BCUT2D eigenvalue weighted by molar-refractivity contribution is -0.139. The molecule has 0 aliphatic carbocycles. The van der Waals surface area contributed by atoms with Crippen molar-refractivity contribution in [1.29, 1.82) is 0 Å². The predicted molar refractivity (Wildman–Crippen MR) is 124 cm³/mol. The van der Waals surface area contributed by atoms with Crippen LogP contribution in [0, 0.1) is 5.92 Å². The van der Waals surface area contributed by atoms with Gasteiger partial charge in [0.25, 0.3) is 11.8 Å². The first-order valence-electron chi connectivity index (χ1n) is 9.73. The van der Waals surface area contributed by atoms with E-state index in [2.05, 4.69) is 15.8 Å². The summed E-state index contributed by atoms with van der Waals surface area (Å²) in [5, 5.41) is 15.9. The number of hydrogen-bond acceptors (Lipinski definition) is 6. The van der Waals surface area contributed by atoms with Gasteiger partial charge in [-0.1, -0.05) is 37.0 Å². The van der Waals surface area contributed by atoms with Crippen LogP contribution in [0.3, 0.4) is 0 Å². The number of nitrogens with zero attached hydrogens (tertiary/aromatic N) is 1. The average molecular weight is 496 g/mol. The van der Waals surface area contributed by atoms with E-state index < -0.39 is 30.4 Å². The number of benzene rings is 2. The van der Waals surface area contributed by atoms with Crippen LogP contribution in [0.15, 0.2) is 41.5 Å². The third kappa shape index (κ3) is 7.65. The predicted octanol–water partition coefficient (Wildman–Crippen LogP) is 3.37. The fraction of sp³-hybridized carbons (Fsp3) is 0.273. The van der Waals surface area contributed by atoms with E-state index in [1.54, 1.807) is 26.0 Å². The summed E-state index contributed by atoms with van der Waals surface area (Å²) in [5.74, 6) is -1.77. The molecule has 1 atom stereocenters. The first kappa shape index (κ1) is 26.0. The summed E-state index contributed by atoms with van der Waals surface area (Å²) >= 11 is 11.8. The van der Waals surface area contributed by atoms with E-state index in [1.807, 2.05) is 0 Å². The molecule has 0 aliphatic heterocycles. The Morgan fingerprint density at radius 3 is 2.42 bits per heavy atom. The molecule has 2 aromatic carbocycles. The van der Waals surface area contributed by atoms with Crippen molar-refractivity contribution in [3.8, 4) is 11.5 Å². The molecule has 0 saturated carbocycles. The van der Waals surface area contributed by atoms with Gasteiger partial charge in [0.15, 0.2) is 18.1 Å². The maximum absolute atomic E-state index is 12.6. The number of aliphatic carboxylic acids is 1. The lowest BCUT2D eigenvalue weighted by atomic mass is 10.0. The largest absolute Gasteiger partial charge is 0.493 e. The summed E-state index contributed by atoms with van der Waals surface area (Å²) in [5.41, 5.74) is 3.23. The molecule has 9 nitrogen and oxygen atoms in total. The Hall–Kier alpha value is -3.30. The fourth-order valence-corrected chi connectivity index (χ4v) is 2.96. The number of ether oxygens (including phenoxy) is 2. The maximum Gasteiger partial charge on any atom is 0.341 e. The molecule has 11 heteroatoms. The molecule has 176 valence electrons. The molecule has 3 N–H and O–H groups in total. The molecule has 1 unspecified atom stereocenters. The smallest absolute Gasteiger partial charge is 0.341 e. The van der Waals surface area contributed by atoms with Crippen molar-refractivity contribution in [3.05, 3.63) is 57.6 Å². The summed E-state index contributed by atoms with van der Waals surface area (Å²) in [7, 11) is 1.41. The van der Waals surface area contributed by atoms with Gasteiger partial charge in [0.05, 0.1) is 23.4 Å². The second kappa shape index (κ2) is 12.1. The van der Waals surface area contributed by atoms with Crippen molar-refractivity contribution < 1.29 is 29.0 Å². The zero-order valence-corrected chi connectivity index (χ0v) is 19.6. The molecule has 0 fully saturated rings. The minimum absolute atomic E-state index is 0.224. The number of halogens is 2. The number of hydrazone groups is 1. The summed E-state index contributed by atoms with van der Waals surface area (Å²) in [6, 6.07) is 8.28. The molecular weight excluding hydrogens is 473 g/mol. The van der Waals surface area contributed by atoms with Gasteiger partial charge < -0.3 is 19.9 Å². The Balaban J connectivity index is 2.04. The van der Waals surface area contributed by atoms with E-state index in [0.717, 1.165) is 0 Å². The normalized spacial score (nSPS) is 11.8. The third-order valence-electron chi connectivity index (χ3n) is 4.34. The molecule has 0 aliphatic rings. The number of methoxy groups -OCH3 is 1. The van der Waals surface area contributed by atoms with Crippen molar-refractivity contribution in [2.75, 3.05) is 13.7 Å². The zero-order chi connectivity index (χ0) is 24.5. The van der Waals surface area contributed by atoms with E-state index in [4.69, 9.17) is 37.8 Å². The summed E-state index contributed by atoms with van der Waals surface area (Å²) in [4.78, 5) is 35.8. The van der Waals surface area contributed by atoms with Crippen molar-refractivity contribution in [3.63, 3.8) is 0 Å². The lowest BCUT2D eigenvalue weighted by Crippen LogP contribution is -2.48. The van der Waals surface area contributed by atoms with Crippen LogP contribution in [0.25, 0.3) is 0 Å². The molecule has 0 saturated heterocycles. The highest BCUT2D eigenvalue weighted by molar-refractivity contribution is 6.42. The van der Waals surface area contributed by atoms with Crippen LogP contribution in [0.2, 0.25) is 10.0 Å². The number of carboxylic acids is 1. The van der Waals surface area contributed by atoms with Crippen molar-refractivity contribution in [2.24, 2.45) is 11.0 Å². The number of carbonyl (C=O) groups excluding carboxylic acids is 2. The third-order valence-corrected chi connectivity index (χ3v) is 5.08. The quantitative estimate of drug-likeness (QED) is 0.342. The molecule has 2 aromatic rings. The van der Waals surface area contributed by atoms with Crippen LogP contribution in [-0.4, -0.2) is 48.9 Å². The molecule has 33 heavy (non-hydrogen) atoms. The van der Waals surface area contributed by atoms with Crippen LogP contribution in [0.1, 0.15) is 29.8 Å². The van der Waals surface area contributed by atoms with E-state index in [1.165, 1.54) is 37.6 Å².